The molecule has 2 aliphatic rings. The zero-order chi connectivity index (χ0) is 15.9. The lowest BCUT2D eigenvalue weighted by molar-refractivity contribution is -0.135. The number of carbonyl (C=O) groups excluding carboxylic acids is 2. The van der Waals surface area contributed by atoms with Crippen LogP contribution in [0.5, 0.6) is 0 Å². The van der Waals surface area contributed by atoms with Crippen LogP contribution < -0.4 is 0 Å². The molecular formula is C17H21FN2O2. The van der Waals surface area contributed by atoms with Gasteiger partial charge in [-0.05, 0) is 36.5 Å². The van der Waals surface area contributed by atoms with Crippen molar-refractivity contribution < 1.29 is 14.0 Å². The van der Waals surface area contributed by atoms with Crippen LogP contribution in [0.15, 0.2) is 24.3 Å². The Kier molecular flexibility index (Phi) is 3.89. The van der Waals surface area contributed by atoms with Crippen molar-refractivity contribution in [3.63, 3.8) is 0 Å². The predicted molar refractivity (Wildman–Crippen MR) is 80.4 cm³/mol. The third kappa shape index (κ3) is 2.85. The van der Waals surface area contributed by atoms with Crippen molar-refractivity contribution in [2.45, 2.75) is 25.3 Å². The Balaban J connectivity index is 1.82. The van der Waals surface area contributed by atoms with Crippen LogP contribution in [0.25, 0.3) is 0 Å². The smallest absolute Gasteiger partial charge is 0.228 e. The van der Waals surface area contributed by atoms with Crippen LogP contribution in [0.3, 0.4) is 0 Å². The molecule has 1 aliphatic carbocycles. The molecule has 0 spiro atoms. The van der Waals surface area contributed by atoms with Gasteiger partial charge >= 0.3 is 0 Å². The second-order valence-electron chi connectivity index (χ2n) is 6.47. The molecule has 1 aromatic carbocycles. The minimum atomic E-state index is -0.383. The van der Waals surface area contributed by atoms with Crippen LogP contribution in [0.4, 0.5) is 4.39 Å². The Labute approximate surface area is 129 Å². The van der Waals surface area contributed by atoms with E-state index in [2.05, 4.69) is 0 Å². The maximum absolute atomic E-state index is 13.1. The van der Waals surface area contributed by atoms with E-state index >= 15 is 0 Å². The highest BCUT2D eigenvalue weighted by Gasteiger charge is 2.44. The van der Waals surface area contributed by atoms with E-state index < -0.39 is 0 Å². The van der Waals surface area contributed by atoms with Gasteiger partial charge in [-0.2, -0.15) is 0 Å². The predicted octanol–water partition coefficient (Wildman–Crippen LogP) is 2.21. The molecule has 1 aromatic rings. The van der Waals surface area contributed by atoms with Crippen molar-refractivity contribution in [2.24, 2.45) is 11.8 Å². The SMILES string of the molecule is CN(CC1CC1)C(=O)[C@H]1CC(=O)N(C)[C@H]1c1ccc(F)cc1. The number of halogens is 1. The largest absolute Gasteiger partial charge is 0.345 e. The second-order valence-corrected chi connectivity index (χ2v) is 6.47. The molecule has 5 heteroatoms. The van der Waals surface area contributed by atoms with Crippen LogP contribution in [-0.2, 0) is 9.59 Å². The fourth-order valence-corrected chi connectivity index (χ4v) is 3.27. The van der Waals surface area contributed by atoms with Crippen molar-refractivity contribution in [3.05, 3.63) is 35.6 Å². The fourth-order valence-electron chi connectivity index (χ4n) is 3.27. The number of likely N-dealkylation sites (tertiary alicyclic amines) is 1. The van der Waals surface area contributed by atoms with Gasteiger partial charge < -0.3 is 9.80 Å². The normalized spacial score (nSPS) is 24.7. The number of hydrogen-bond acceptors (Lipinski definition) is 2. The van der Waals surface area contributed by atoms with E-state index in [4.69, 9.17) is 0 Å². The first kappa shape index (κ1) is 15.0. The molecule has 0 radical (unpaired) electrons. The van der Waals surface area contributed by atoms with Crippen molar-refractivity contribution in [1.29, 1.82) is 0 Å². The summed E-state index contributed by atoms with van der Waals surface area (Å²) in [5.41, 5.74) is 0.813. The molecule has 2 amide bonds. The third-order valence-corrected chi connectivity index (χ3v) is 4.72. The summed E-state index contributed by atoms with van der Waals surface area (Å²) in [6.45, 7) is 0.767. The van der Waals surface area contributed by atoms with Crippen LogP contribution in [0, 0.1) is 17.7 Å². The Bertz CT molecular complexity index is 583. The van der Waals surface area contributed by atoms with Gasteiger partial charge in [0.05, 0.1) is 12.0 Å². The Hall–Kier alpha value is -1.91. The van der Waals surface area contributed by atoms with Gasteiger partial charge in [-0.15, -0.1) is 0 Å². The average Bonchev–Trinajstić information content (AvgIpc) is 3.26. The molecule has 0 bridgehead atoms. The second kappa shape index (κ2) is 5.71. The molecule has 2 atom stereocenters. The highest BCUT2D eigenvalue weighted by molar-refractivity contribution is 5.90. The van der Waals surface area contributed by atoms with Gasteiger partial charge in [0.25, 0.3) is 0 Å². The van der Waals surface area contributed by atoms with Crippen molar-refractivity contribution >= 4 is 11.8 Å². The first-order valence-corrected chi connectivity index (χ1v) is 7.73. The number of carbonyl (C=O) groups is 2. The maximum atomic E-state index is 13.1. The molecule has 0 aromatic heterocycles. The Morgan fingerprint density at radius 1 is 1.32 bits per heavy atom. The van der Waals surface area contributed by atoms with E-state index in [9.17, 15) is 14.0 Å². The number of rotatable bonds is 4. The zero-order valence-corrected chi connectivity index (χ0v) is 13.0. The molecule has 4 nitrogen and oxygen atoms in total. The van der Waals surface area contributed by atoms with Gasteiger partial charge in [0.1, 0.15) is 5.82 Å². The minimum absolute atomic E-state index is 0.0129. The van der Waals surface area contributed by atoms with Gasteiger partial charge in [0.15, 0.2) is 0 Å². The molecule has 3 rings (SSSR count). The highest BCUT2D eigenvalue weighted by Crippen LogP contribution is 2.38. The summed E-state index contributed by atoms with van der Waals surface area (Å²) in [5.74, 6) is -0.101. The lowest BCUT2D eigenvalue weighted by Crippen LogP contribution is -2.37. The third-order valence-electron chi connectivity index (χ3n) is 4.72. The summed E-state index contributed by atoms with van der Waals surface area (Å²) in [4.78, 5) is 28.2. The topological polar surface area (TPSA) is 40.6 Å². The first-order valence-electron chi connectivity index (χ1n) is 7.73. The van der Waals surface area contributed by atoms with Crippen LogP contribution in [0.1, 0.15) is 30.9 Å². The van der Waals surface area contributed by atoms with E-state index in [1.165, 1.54) is 25.0 Å². The molecule has 0 N–H and O–H groups in total. The molecular weight excluding hydrogens is 283 g/mol. The van der Waals surface area contributed by atoms with Gasteiger partial charge in [0, 0.05) is 27.1 Å². The molecule has 1 saturated heterocycles. The van der Waals surface area contributed by atoms with E-state index in [-0.39, 0.29) is 36.0 Å². The molecule has 1 saturated carbocycles. The molecule has 118 valence electrons. The molecule has 1 aliphatic heterocycles. The summed E-state index contributed by atoms with van der Waals surface area (Å²) in [7, 11) is 3.52. The summed E-state index contributed by atoms with van der Waals surface area (Å²) >= 11 is 0. The number of benzene rings is 1. The van der Waals surface area contributed by atoms with Crippen LogP contribution >= 0.6 is 0 Å². The number of nitrogens with zero attached hydrogens (tertiary/aromatic N) is 2. The zero-order valence-electron chi connectivity index (χ0n) is 13.0. The Morgan fingerprint density at radius 3 is 2.55 bits per heavy atom. The average molecular weight is 304 g/mol. The quantitative estimate of drug-likeness (QED) is 0.856. The van der Waals surface area contributed by atoms with Crippen molar-refractivity contribution in [3.8, 4) is 0 Å². The number of hydrogen-bond donors (Lipinski definition) is 0. The van der Waals surface area contributed by atoms with Gasteiger partial charge in [-0.1, -0.05) is 12.1 Å². The van der Waals surface area contributed by atoms with E-state index in [1.54, 1.807) is 29.0 Å². The minimum Gasteiger partial charge on any atom is -0.345 e. The van der Waals surface area contributed by atoms with E-state index in [1.807, 2.05) is 7.05 Å². The summed E-state index contributed by atoms with van der Waals surface area (Å²) in [5, 5.41) is 0. The molecule has 22 heavy (non-hydrogen) atoms. The number of amides is 2. The van der Waals surface area contributed by atoms with Crippen LogP contribution in [0.2, 0.25) is 0 Å². The molecule has 1 heterocycles. The Morgan fingerprint density at radius 2 is 1.95 bits per heavy atom. The standard InChI is InChI=1S/C17H21FN2O2/c1-19(10-11-3-4-11)17(22)14-9-15(21)20(2)16(14)12-5-7-13(18)8-6-12/h5-8,11,14,16H,3-4,9-10H2,1-2H3/t14-,16-/m0/s1. The molecule has 2 fully saturated rings. The lowest BCUT2D eigenvalue weighted by Gasteiger charge is -2.28. The van der Waals surface area contributed by atoms with Gasteiger partial charge in [-0.3, -0.25) is 9.59 Å². The maximum Gasteiger partial charge on any atom is 0.228 e. The monoisotopic (exact) mass is 304 g/mol. The highest BCUT2D eigenvalue weighted by atomic mass is 19.1. The first-order chi connectivity index (χ1) is 10.5. The van der Waals surface area contributed by atoms with Crippen LogP contribution in [-0.4, -0.2) is 42.3 Å². The summed E-state index contributed by atoms with van der Waals surface area (Å²) in [6.07, 6.45) is 2.59. The summed E-state index contributed by atoms with van der Waals surface area (Å²) in [6, 6.07) is 5.78. The van der Waals surface area contributed by atoms with Gasteiger partial charge in [-0.25, -0.2) is 4.39 Å². The molecule has 0 unspecified atom stereocenters. The van der Waals surface area contributed by atoms with Crippen molar-refractivity contribution in [1.82, 2.24) is 9.80 Å². The lowest BCUT2D eigenvalue weighted by atomic mass is 9.92. The van der Waals surface area contributed by atoms with E-state index in [0.29, 0.717) is 5.92 Å². The van der Waals surface area contributed by atoms with Gasteiger partial charge in [0.2, 0.25) is 11.8 Å². The van der Waals surface area contributed by atoms with E-state index in [0.717, 1.165) is 12.1 Å². The fraction of sp³-hybridized carbons (Fsp3) is 0.529. The van der Waals surface area contributed by atoms with Crippen molar-refractivity contribution in [2.75, 3.05) is 20.6 Å². The summed E-state index contributed by atoms with van der Waals surface area (Å²) < 4.78 is 13.1.